The normalized spacial score (nSPS) is 12.4. The number of nitrogens with two attached hydrogens (primary N) is 1. The van der Waals surface area contributed by atoms with Crippen molar-refractivity contribution in [2.75, 3.05) is 17.7 Å². The Morgan fingerprint density at radius 3 is 2.62 bits per heavy atom. The number of nitrogens with zero attached hydrogens (tertiary/aromatic N) is 3. The summed E-state index contributed by atoms with van der Waals surface area (Å²) >= 11 is 6.01. The molecule has 0 aliphatic heterocycles. The first-order valence-corrected chi connectivity index (χ1v) is 11.7. The molecule has 190 valence electrons. The van der Waals surface area contributed by atoms with E-state index in [1.165, 1.54) is 0 Å². The fraction of sp³-hybridized carbons (Fsp3) is 0.192. The molecule has 4 aromatic rings. The number of halogens is 1. The van der Waals surface area contributed by atoms with Crippen LogP contribution in [0.15, 0.2) is 50.8 Å². The first-order valence-electron chi connectivity index (χ1n) is 11.4. The van der Waals surface area contributed by atoms with Crippen molar-refractivity contribution in [2.24, 2.45) is 10.9 Å². The van der Waals surface area contributed by atoms with E-state index < -0.39 is 0 Å². The lowest BCUT2D eigenvalue weighted by Gasteiger charge is -2.20. The molecule has 3 heterocycles. The van der Waals surface area contributed by atoms with E-state index >= 15 is 0 Å². The third-order valence-electron chi connectivity index (χ3n) is 6.01. The average Bonchev–Trinajstić information content (AvgIpc) is 2.90. The maximum absolute atomic E-state index is 13.5. The van der Waals surface area contributed by atoms with Gasteiger partial charge in [0.25, 0.3) is 0 Å². The summed E-state index contributed by atoms with van der Waals surface area (Å²) in [7, 11) is 1.75. The van der Waals surface area contributed by atoms with Crippen LogP contribution in [0.3, 0.4) is 0 Å². The Hall–Kier alpha value is -4.44. The van der Waals surface area contributed by atoms with Crippen molar-refractivity contribution in [2.45, 2.75) is 26.8 Å². The average molecular weight is 520 g/mol. The van der Waals surface area contributed by atoms with E-state index in [0.717, 1.165) is 11.8 Å². The van der Waals surface area contributed by atoms with E-state index in [0.29, 0.717) is 50.6 Å². The van der Waals surface area contributed by atoms with Gasteiger partial charge in [0.2, 0.25) is 0 Å². The highest BCUT2D eigenvalue weighted by Crippen LogP contribution is 2.32. The molecular formula is C26H26ClN7O3. The zero-order valence-corrected chi connectivity index (χ0v) is 21.4. The summed E-state index contributed by atoms with van der Waals surface area (Å²) in [4.78, 5) is 22.1. The van der Waals surface area contributed by atoms with Gasteiger partial charge < -0.3 is 31.4 Å². The number of rotatable bonds is 7. The third-order valence-corrected chi connectivity index (χ3v) is 6.22. The number of aryl methyl sites for hydroxylation is 1. The standard InChI is InChI=1S/C26H26ClN7O3/c1-12-9-15(14(3)31-18-7-8-21(27)33-22(18)26(29)34-36)25-16(10-12)23(35)13(2)24(37-25)19-6-5-17(30-4)20(11-28)32-19/h5-11,14,28,30-31,36H,1-4H3,(H2,29,34). The van der Waals surface area contributed by atoms with Gasteiger partial charge in [-0.2, -0.15) is 0 Å². The molecule has 1 aromatic carbocycles. The van der Waals surface area contributed by atoms with Crippen molar-refractivity contribution in [3.8, 4) is 11.5 Å². The Balaban J connectivity index is 1.89. The Labute approximate surface area is 217 Å². The second kappa shape index (κ2) is 10.3. The fourth-order valence-electron chi connectivity index (χ4n) is 4.16. The monoisotopic (exact) mass is 519 g/mol. The van der Waals surface area contributed by atoms with Crippen molar-refractivity contribution in [3.05, 3.63) is 79.9 Å². The molecule has 1 unspecified atom stereocenters. The number of hydrogen-bond acceptors (Lipinski definition) is 9. The molecule has 0 bridgehead atoms. The summed E-state index contributed by atoms with van der Waals surface area (Å²) in [6, 6.07) is 10.1. The summed E-state index contributed by atoms with van der Waals surface area (Å²) in [6.07, 6.45) is 1.14. The quantitative estimate of drug-likeness (QED) is 0.0762. The Morgan fingerprint density at radius 2 is 1.95 bits per heavy atom. The van der Waals surface area contributed by atoms with E-state index in [2.05, 4.69) is 25.8 Å². The van der Waals surface area contributed by atoms with Gasteiger partial charge >= 0.3 is 0 Å². The maximum Gasteiger partial charge on any atom is 0.196 e. The summed E-state index contributed by atoms with van der Waals surface area (Å²) in [6.45, 7) is 5.49. The number of hydrogen-bond donors (Lipinski definition) is 5. The highest BCUT2D eigenvalue weighted by molar-refractivity contribution is 6.29. The molecule has 0 saturated heterocycles. The van der Waals surface area contributed by atoms with Crippen LogP contribution in [0.4, 0.5) is 11.4 Å². The Morgan fingerprint density at radius 1 is 1.22 bits per heavy atom. The molecule has 0 aliphatic carbocycles. The van der Waals surface area contributed by atoms with Gasteiger partial charge in [-0.1, -0.05) is 22.8 Å². The van der Waals surface area contributed by atoms with Crippen molar-refractivity contribution in [1.82, 2.24) is 9.97 Å². The van der Waals surface area contributed by atoms with E-state index in [4.69, 9.17) is 27.2 Å². The number of amidine groups is 1. The van der Waals surface area contributed by atoms with Gasteiger partial charge in [-0.3, -0.25) is 4.79 Å². The number of nitrogens with one attached hydrogen (secondary N) is 3. The minimum atomic E-state index is -0.383. The van der Waals surface area contributed by atoms with Crippen molar-refractivity contribution >= 4 is 46.0 Å². The lowest BCUT2D eigenvalue weighted by molar-refractivity contribution is 0.318. The van der Waals surface area contributed by atoms with E-state index in [1.807, 2.05) is 19.9 Å². The lowest BCUT2D eigenvalue weighted by atomic mass is 9.99. The number of benzene rings is 1. The number of oxime groups is 1. The van der Waals surface area contributed by atoms with Crippen molar-refractivity contribution < 1.29 is 9.62 Å². The highest BCUT2D eigenvalue weighted by atomic mass is 35.5. The van der Waals surface area contributed by atoms with Crippen LogP contribution in [0.5, 0.6) is 0 Å². The lowest BCUT2D eigenvalue weighted by Crippen LogP contribution is -2.19. The zero-order chi connectivity index (χ0) is 26.9. The minimum absolute atomic E-state index is 0.171. The molecule has 1 atom stereocenters. The van der Waals surface area contributed by atoms with Gasteiger partial charge in [0, 0.05) is 24.4 Å². The second-order valence-corrected chi connectivity index (χ2v) is 8.91. The van der Waals surface area contributed by atoms with Gasteiger partial charge in [0.1, 0.15) is 27.8 Å². The molecule has 0 amide bonds. The predicted octanol–water partition coefficient (Wildman–Crippen LogP) is 4.83. The van der Waals surface area contributed by atoms with E-state index in [-0.39, 0.29) is 28.2 Å². The molecule has 11 heteroatoms. The minimum Gasteiger partial charge on any atom is -0.454 e. The van der Waals surface area contributed by atoms with Crippen molar-refractivity contribution in [1.29, 1.82) is 5.41 Å². The van der Waals surface area contributed by atoms with Crippen LogP contribution >= 0.6 is 11.6 Å². The molecule has 4 rings (SSSR count). The molecule has 0 saturated carbocycles. The number of pyridine rings is 2. The topological polar surface area (TPSA) is 163 Å². The highest BCUT2D eigenvalue weighted by Gasteiger charge is 2.21. The van der Waals surface area contributed by atoms with Gasteiger partial charge in [-0.05, 0) is 56.7 Å². The number of fused-ring (bicyclic) bond motifs is 1. The Bertz CT molecular complexity index is 1610. The van der Waals surface area contributed by atoms with Gasteiger partial charge in [0.15, 0.2) is 17.0 Å². The van der Waals surface area contributed by atoms with E-state index in [9.17, 15) is 10.0 Å². The fourth-order valence-corrected chi connectivity index (χ4v) is 4.31. The van der Waals surface area contributed by atoms with E-state index in [1.54, 1.807) is 44.3 Å². The summed E-state index contributed by atoms with van der Waals surface area (Å²) in [5.74, 6) is 0.125. The summed E-state index contributed by atoms with van der Waals surface area (Å²) in [5.41, 5.74) is 10.3. The SMILES string of the molecule is CNc1ccc(-c2oc3c(C(C)Nc4ccc(Cl)nc4/C(N)=N/O)cc(C)cc3c(=O)c2C)nc1C=N. The first kappa shape index (κ1) is 25.6. The Kier molecular flexibility index (Phi) is 7.12. The van der Waals surface area contributed by atoms with Crippen LogP contribution < -0.4 is 21.8 Å². The molecule has 0 aliphatic rings. The smallest absolute Gasteiger partial charge is 0.196 e. The number of aromatic nitrogens is 2. The van der Waals surface area contributed by atoms with Gasteiger partial charge in [-0.25, -0.2) is 9.97 Å². The number of anilines is 2. The van der Waals surface area contributed by atoms with Crippen LogP contribution in [0.2, 0.25) is 5.15 Å². The molecular weight excluding hydrogens is 494 g/mol. The summed E-state index contributed by atoms with van der Waals surface area (Å²) < 4.78 is 6.37. The first-order chi connectivity index (χ1) is 17.7. The zero-order valence-electron chi connectivity index (χ0n) is 20.7. The molecule has 0 spiro atoms. The second-order valence-electron chi connectivity index (χ2n) is 8.52. The van der Waals surface area contributed by atoms with Crippen LogP contribution in [-0.4, -0.2) is 34.3 Å². The molecule has 0 radical (unpaired) electrons. The molecule has 0 fully saturated rings. The maximum atomic E-state index is 13.5. The molecule has 10 nitrogen and oxygen atoms in total. The van der Waals surface area contributed by atoms with Crippen LogP contribution in [0, 0.1) is 19.3 Å². The van der Waals surface area contributed by atoms with Crippen LogP contribution in [-0.2, 0) is 0 Å². The molecule has 6 N–H and O–H groups in total. The van der Waals surface area contributed by atoms with Crippen LogP contribution in [0.1, 0.15) is 41.0 Å². The predicted molar refractivity (Wildman–Crippen MR) is 146 cm³/mol. The molecule has 3 aromatic heterocycles. The van der Waals surface area contributed by atoms with Crippen molar-refractivity contribution in [3.63, 3.8) is 0 Å². The van der Waals surface area contributed by atoms with Gasteiger partial charge in [0.05, 0.1) is 22.8 Å². The summed E-state index contributed by atoms with van der Waals surface area (Å²) in [5, 5.41) is 26.8. The van der Waals surface area contributed by atoms with Crippen LogP contribution in [0.25, 0.3) is 22.4 Å². The van der Waals surface area contributed by atoms with Gasteiger partial charge in [-0.15, -0.1) is 0 Å². The third kappa shape index (κ3) is 4.83. The largest absolute Gasteiger partial charge is 0.454 e. The molecule has 37 heavy (non-hydrogen) atoms.